The van der Waals surface area contributed by atoms with Gasteiger partial charge in [0.05, 0.1) is 6.04 Å². The van der Waals surface area contributed by atoms with Gasteiger partial charge in [-0.15, -0.1) is 0 Å². The van der Waals surface area contributed by atoms with Crippen LogP contribution in [0.5, 0.6) is 0 Å². The SMILES string of the molecule is CC(=O)O.CNCC1CCN(C(=O)[C@H]2OCC(=O)N(C)[C@@H]2c2ccccc2C)CC1. The van der Waals surface area contributed by atoms with Gasteiger partial charge in [-0.1, -0.05) is 24.3 Å². The Hall–Kier alpha value is -2.45. The van der Waals surface area contributed by atoms with Crippen LogP contribution >= 0.6 is 0 Å². The highest BCUT2D eigenvalue weighted by Crippen LogP contribution is 2.32. The van der Waals surface area contributed by atoms with E-state index in [1.807, 2.05) is 43.1 Å². The zero-order valence-corrected chi connectivity index (χ0v) is 18.3. The molecule has 3 rings (SSSR count). The van der Waals surface area contributed by atoms with Gasteiger partial charge in [0.25, 0.3) is 11.9 Å². The Morgan fingerprint density at radius 2 is 1.83 bits per heavy atom. The number of piperidine rings is 1. The molecule has 8 nitrogen and oxygen atoms in total. The monoisotopic (exact) mass is 419 g/mol. The van der Waals surface area contributed by atoms with Crippen molar-refractivity contribution in [2.24, 2.45) is 5.92 Å². The van der Waals surface area contributed by atoms with Gasteiger partial charge < -0.3 is 25.0 Å². The quantitative estimate of drug-likeness (QED) is 0.766. The van der Waals surface area contributed by atoms with Crippen molar-refractivity contribution in [3.05, 3.63) is 35.4 Å². The number of amides is 2. The van der Waals surface area contributed by atoms with Crippen LogP contribution in [0.15, 0.2) is 24.3 Å². The number of nitrogens with one attached hydrogen (secondary N) is 1. The average Bonchev–Trinajstić information content (AvgIpc) is 2.71. The molecule has 0 saturated carbocycles. The number of carbonyl (C=O) groups is 3. The van der Waals surface area contributed by atoms with E-state index >= 15 is 0 Å². The molecule has 30 heavy (non-hydrogen) atoms. The first kappa shape index (κ1) is 23.8. The maximum Gasteiger partial charge on any atom is 0.300 e. The molecule has 2 aliphatic rings. The molecule has 8 heteroatoms. The van der Waals surface area contributed by atoms with E-state index in [1.54, 1.807) is 11.9 Å². The third kappa shape index (κ3) is 6.03. The molecule has 2 aliphatic heterocycles. The van der Waals surface area contributed by atoms with Crippen molar-refractivity contribution in [3.8, 4) is 0 Å². The zero-order chi connectivity index (χ0) is 22.3. The summed E-state index contributed by atoms with van der Waals surface area (Å²) in [7, 11) is 3.73. The Bertz CT molecular complexity index is 742. The van der Waals surface area contributed by atoms with Crippen molar-refractivity contribution >= 4 is 17.8 Å². The van der Waals surface area contributed by atoms with Crippen LogP contribution in [-0.4, -0.2) is 79.1 Å². The summed E-state index contributed by atoms with van der Waals surface area (Å²) in [6.45, 7) is 5.55. The van der Waals surface area contributed by atoms with Crippen molar-refractivity contribution in [3.63, 3.8) is 0 Å². The highest BCUT2D eigenvalue weighted by molar-refractivity contribution is 5.86. The second-order valence-electron chi connectivity index (χ2n) is 7.88. The highest BCUT2D eigenvalue weighted by Gasteiger charge is 2.42. The topological polar surface area (TPSA) is 99.2 Å². The van der Waals surface area contributed by atoms with E-state index in [0.29, 0.717) is 5.92 Å². The van der Waals surface area contributed by atoms with E-state index in [2.05, 4.69) is 5.32 Å². The number of carboxylic acid groups (broad SMARTS) is 1. The number of ether oxygens (including phenoxy) is 1. The summed E-state index contributed by atoms with van der Waals surface area (Å²) in [6.07, 6.45) is 1.37. The molecule has 0 aromatic heterocycles. The van der Waals surface area contributed by atoms with Crippen LogP contribution < -0.4 is 5.32 Å². The molecule has 2 atom stereocenters. The fourth-order valence-corrected chi connectivity index (χ4v) is 4.04. The predicted octanol–water partition coefficient (Wildman–Crippen LogP) is 1.44. The molecule has 0 bridgehead atoms. The van der Waals surface area contributed by atoms with Gasteiger partial charge in [0, 0.05) is 27.1 Å². The molecule has 1 aromatic rings. The van der Waals surface area contributed by atoms with Crippen molar-refractivity contribution in [2.45, 2.75) is 38.8 Å². The summed E-state index contributed by atoms with van der Waals surface area (Å²) in [6, 6.07) is 7.53. The van der Waals surface area contributed by atoms with Gasteiger partial charge in [0.1, 0.15) is 6.61 Å². The van der Waals surface area contributed by atoms with Gasteiger partial charge in [-0.25, -0.2) is 0 Å². The van der Waals surface area contributed by atoms with E-state index < -0.39 is 12.1 Å². The van der Waals surface area contributed by atoms with Crippen LogP contribution in [0.3, 0.4) is 0 Å². The Kier molecular flexibility index (Phi) is 8.80. The Balaban J connectivity index is 0.000000735. The first-order valence-electron chi connectivity index (χ1n) is 10.3. The maximum atomic E-state index is 13.2. The second-order valence-corrected chi connectivity index (χ2v) is 7.88. The lowest BCUT2D eigenvalue weighted by Gasteiger charge is -2.42. The van der Waals surface area contributed by atoms with E-state index in [9.17, 15) is 9.59 Å². The number of likely N-dealkylation sites (N-methyl/N-ethyl adjacent to an activating group) is 1. The third-order valence-electron chi connectivity index (χ3n) is 5.65. The third-order valence-corrected chi connectivity index (χ3v) is 5.65. The summed E-state index contributed by atoms with van der Waals surface area (Å²) in [5, 5.41) is 10.6. The number of carboxylic acids is 1. The van der Waals surface area contributed by atoms with Crippen LogP contribution in [0.25, 0.3) is 0 Å². The first-order chi connectivity index (χ1) is 14.3. The molecule has 2 fully saturated rings. The molecule has 0 radical (unpaired) electrons. The van der Waals surface area contributed by atoms with Crippen LogP contribution in [-0.2, 0) is 19.1 Å². The van der Waals surface area contributed by atoms with E-state index in [0.717, 1.165) is 50.5 Å². The van der Waals surface area contributed by atoms with Crippen LogP contribution in [0.4, 0.5) is 0 Å². The van der Waals surface area contributed by atoms with Crippen molar-refractivity contribution in [1.82, 2.24) is 15.1 Å². The predicted molar refractivity (Wildman–Crippen MR) is 113 cm³/mol. The summed E-state index contributed by atoms with van der Waals surface area (Å²) < 4.78 is 5.78. The number of morpholine rings is 1. The Labute approximate surface area is 178 Å². The number of nitrogens with zero attached hydrogens (tertiary/aromatic N) is 2. The summed E-state index contributed by atoms with van der Waals surface area (Å²) in [5.41, 5.74) is 2.04. The van der Waals surface area contributed by atoms with Crippen molar-refractivity contribution < 1.29 is 24.2 Å². The molecule has 2 heterocycles. The van der Waals surface area contributed by atoms with E-state index in [1.165, 1.54) is 0 Å². The molecular weight excluding hydrogens is 386 g/mol. The van der Waals surface area contributed by atoms with Gasteiger partial charge in [-0.05, 0) is 50.4 Å². The average molecular weight is 420 g/mol. The minimum atomic E-state index is -0.833. The van der Waals surface area contributed by atoms with Gasteiger partial charge in [0.2, 0.25) is 5.91 Å². The fraction of sp³-hybridized carbons (Fsp3) is 0.591. The zero-order valence-electron chi connectivity index (χ0n) is 18.3. The lowest BCUT2D eigenvalue weighted by atomic mass is 9.92. The lowest BCUT2D eigenvalue weighted by molar-refractivity contribution is -0.168. The van der Waals surface area contributed by atoms with Gasteiger partial charge in [0.15, 0.2) is 6.10 Å². The number of likely N-dealkylation sites (tertiary alicyclic amines) is 1. The molecule has 166 valence electrons. The smallest absolute Gasteiger partial charge is 0.300 e. The standard InChI is InChI=1S/C20H29N3O3.C2H4O2/c1-14-6-4-5-7-16(14)18-19(26-13-17(24)22(18)3)20(25)23-10-8-15(9-11-23)12-21-2;1-2(3)4/h4-7,15,18-19,21H,8-13H2,1-3H3;1H3,(H,3,4)/t18-,19+;/m1./s1. The maximum absolute atomic E-state index is 13.2. The molecule has 0 aliphatic carbocycles. The van der Waals surface area contributed by atoms with Gasteiger partial charge in [-0.2, -0.15) is 0 Å². The number of benzene rings is 1. The molecular formula is C22H33N3O5. The molecule has 2 saturated heterocycles. The number of aryl methyl sites for hydroxylation is 1. The number of hydrogen-bond donors (Lipinski definition) is 2. The highest BCUT2D eigenvalue weighted by atomic mass is 16.5. The van der Waals surface area contributed by atoms with Crippen molar-refractivity contribution in [1.29, 1.82) is 0 Å². The molecule has 2 amide bonds. The summed E-state index contributed by atoms with van der Waals surface area (Å²) in [4.78, 5) is 38.0. The van der Waals surface area contributed by atoms with Crippen LogP contribution in [0.2, 0.25) is 0 Å². The fourth-order valence-electron chi connectivity index (χ4n) is 4.04. The minimum Gasteiger partial charge on any atom is -0.481 e. The minimum absolute atomic E-state index is 0.000473. The molecule has 2 N–H and O–H groups in total. The van der Waals surface area contributed by atoms with E-state index in [-0.39, 0.29) is 24.5 Å². The lowest BCUT2D eigenvalue weighted by Crippen LogP contribution is -2.55. The second kappa shape index (κ2) is 11.1. The largest absolute Gasteiger partial charge is 0.481 e. The summed E-state index contributed by atoms with van der Waals surface area (Å²) in [5.74, 6) is -0.303. The first-order valence-corrected chi connectivity index (χ1v) is 10.3. The van der Waals surface area contributed by atoms with Gasteiger partial charge >= 0.3 is 0 Å². The number of carbonyl (C=O) groups excluding carboxylic acids is 2. The number of hydrogen-bond acceptors (Lipinski definition) is 5. The molecule has 0 unspecified atom stereocenters. The number of rotatable bonds is 4. The van der Waals surface area contributed by atoms with Crippen LogP contribution in [0, 0.1) is 12.8 Å². The summed E-state index contributed by atoms with van der Waals surface area (Å²) >= 11 is 0. The molecule has 0 spiro atoms. The van der Waals surface area contributed by atoms with Crippen molar-refractivity contribution in [2.75, 3.05) is 40.3 Å². The Morgan fingerprint density at radius 3 is 2.40 bits per heavy atom. The normalized spacial score (nSPS) is 22.3. The van der Waals surface area contributed by atoms with E-state index in [4.69, 9.17) is 14.6 Å². The Morgan fingerprint density at radius 1 is 1.23 bits per heavy atom. The van der Waals surface area contributed by atoms with Gasteiger partial charge in [-0.3, -0.25) is 14.4 Å². The molecule has 1 aromatic carbocycles. The number of aliphatic carboxylic acids is 1. The van der Waals surface area contributed by atoms with Crippen LogP contribution in [0.1, 0.15) is 36.9 Å².